The van der Waals surface area contributed by atoms with Crippen molar-refractivity contribution in [3.8, 4) is 6.07 Å². The third kappa shape index (κ3) is 5.63. The zero-order valence-electron chi connectivity index (χ0n) is 17.2. The molecular formula is C23H23F3N2O3S. The summed E-state index contributed by atoms with van der Waals surface area (Å²) in [5.41, 5.74) is -1.60. The van der Waals surface area contributed by atoms with E-state index in [9.17, 15) is 28.3 Å². The van der Waals surface area contributed by atoms with E-state index in [-0.39, 0.29) is 11.3 Å². The summed E-state index contributed by atoms with van der Waals surface area (Å²) in [7, 11) is 0. The van der Waals surface area contributed by atoms with Gasteiger partial charge in [0, 0.05) is 24.5 Å². The predicted octanol–water partition coefficient (Wildman–Crippen LogP) is 4.28. The highest BCUT2D eigenvalue weighted by molar-refractivity contribution is 8.14. The molecule has 0 radical (unpaired) electrons. The molecule has 1 aliphatic rings. The Labute approximate surface area is 188 Å². The lowest BCUT2D eigenvalue weighted by atomic mass is 9.97. The molecule has 5 nitrogen and oxygen atoms in total. The number of alkyl halides is 3. The van der Waals surface area contributed by atoms with Gasteiger partial charge in [0.25, 0.3) is 0 Å². The fourth-order valence-corrected chi connectivity index (χ4v) is 4.43. The first-order chi connectivity index (χ1) is 15.2. The maximum atomic E-state index is 13.9. The van der Waals surface area contributed by atoms with E-state index in [2.05, 4.69) is 4.90 Å². The molecule has 2 N–H and O–H groups in total. The summed E-state index contributed by atoms with van der Waals surface area (Å²) in [5.74, 6) is -0.317. The number of aliphatic hydroxyl groups is 2. The number of thioether (sulfide) groups is 1. The molecule has 1 aliphatic heterocycles. The standard InChI is InChI=1S/C23H23F3N2O3S/c24-23(25,26)21(20(12-27)22(31)32-14-19(30)13-29)17-5-4-16-11-18(7-6-15(16)10-17)28-8-2-1-3-9-28/h4-7,10-11,19,29-30H,1-3,8-9,13-14H2/b21-20-. The molecule has 1 fully saturated rings. The first-order valence-electron chi connectivity index (χ1n) is 10.2. The smallest absolute Gasteiger partial charge is 0.394 e. The molecule has 32 heavy (non-hydrogen) atoms. The number of benzene rings is 2. The van der Waals surface area contributed by atoms with Gasteiger partial charge in [0.2, 0.25) is 5.12 Å². The molecule has 9 heteroatoms. The Balaban J connectivity index is 1.99. The number of hydrogen-bond acceptors (Lipinski definition) is 6. The largest absolute Gasteiger partial charge is 0.418 e. The summed E-state index contributed by atoms with van der Waals surface area (Å²) in [6, 6.07) is 11.1. The third-order valence-electron chi connectivity index (χ3n) is 5.30. The maximum Gasteiger partial charge on any atom is 0.418 e. The van der Waals surface area contributed by atoms with Crippen LogP contribution in [-0.4, -0.2) is 53.1 Å². The van der Waals surface area contributed by atoms with Gasteiger partial charge in [-0.25, -0.2) is 0 Å². The quantitative estimate of drug-likeness (QED) is 0.490. The second-order valence-electron chi connectivity index (χ2n) is 7.59. The van der Waals surface area contributed by atoms with Gasteiger partial charge >= 0.3 is 6.18 Å². The van der Waals surface area contributed by atoms with E-state index in [0.717, 1.165) is 37.0 Å². The number of nitriles is 1. The van der Waals surface area contributed by atoms with E-state index in [1.807, 2.05) is 12.1 Å². The van der Waals surface area contributed by atoms with Crippen LogP contribution >= 0.6 is 11.8 Å². The molecule has 3 rings (SSSR count). The van der Waals surface area contributed by atoms with Crippen LogP contribution in [0.2, 0.25) is 0 Å². The van der Waals surface area contributed by atoms with Gasteiger partial charge in [-0.15, -0.1) is 0 Å². The van der Waals surface area contributed by atoms with Gasteiger partial charge in [-0.2, -0.15) is 18.4 Å². The minimum Gasteiger partial charge on any atom is -0.394 e. The van der Waals surface area contributed by atoms with Gasteiger partial charge in [-0.05, 0) is 53.8 Å². The Bertz CT molecular complexity index is 1060. The van der Waals surface area contributed by atoms with Crippen LogP contribution in [0.15, 0.2) is 42.0 Å². The second-order valence-corrected chi connectivity index (χ2v) is 8.58. The summed E-state index contributed by atoms with van der Waals surface area (Å²) in [6.07, 6.45) is -2.80. The number of nitrogens with zero attached hydrogens (tertiary/aromatic N) is 2. The number of allylic oxidation sites excluding steroid dienone is 1. The molecule has 0 saturated carbocycles. The maximum absolute atomic E-state index is 13.9. The van der Waals surface area contributed by atoms with Crippen molar-refractivity contribution in [2.24, 2.45) is 0 Å². The molecule has 0 bridgehead atoms. The number of aliphatic hydroxyl groups excluding tert-OH is 2. The Hall–Kier alpha value is -2.54. The lowest BCUT2D eigenvalue weighted by Gasteiger charge is -2.29. The van der Waals surface area contributed by atoms with Gasteiger partial charge in [-0.1, -0.05) is 30.0 Å². The highest BCUT2D eigenvalue weighted by atomic mass is 32.2. The first kappa shape index (κ1) is 24.1. The molecule has 170 valence electrons. The lowest BCUT2D eigenvalue weighted by molar-refractivity contribution is -0.108. The first-order valence-corrected chi connectivity index (χ1v) is 11.2. The number of hydrogen-bond donors (Lipinski definition) is 2. The van der Waals surface area contributed by atoms with Crippen LogP contribution in [0.25, 0.3) is 16.3 Å². The number of anilines is 1. The van der Waals surface area contributed by atoms with Gasteiger partial charge in [-0.3, -0.25) is 4.79 Å². The molecule has 1 saturated heterocycles. The van der Waals surface area contributed by atoms with Crippen molar-refractivity contribution >= 4 is 38.9 Å². The molecule has 0 aromatic heterocycles. The van der Waals surface area contributed by atoms with Crippen molar-refractivity contribution in [3.63, 3.8) is 0 Å². The van der Waals surface area contributed by atoms with Gasteiger partial charge in [0.1, 0.15) is 11.6 Å². The van der Waals surface area contributed by atoms with Crippen LogP contribution in [0.4, 0.5) is 18.9 Å². The van der Waals surface area contributed by atoms with Crippen LogP contribution in [0.1, 0.15) is 24.8 Å². The third-order valence-corrected chi connectivity index (χ3v) is 6.32. The van der Waals surface area contributed by atoms with Crippen molar-refractivity contribution in [2.75, 3.05) is 30.3 Å². The van der Waals surface area contributed by atoms with E-state index in [4.69, 9.17) is 5.11 Å². The second kappa shape index (κ2) is 10.4. The van der Waals surface area contributed by atoms with E-state index >= 15 is 0 Å². The number of rotatable bonds is 6. The number of fused-ring (bicyclic) bond motifs is 1. The molecule has 1 atom stereocenters. The topological polar surface area (TPSA) is 84.6 Å². The lowest BCUT2D eigenvalue weighted by Crippen LogP contribution is -2.29. The Morgan fingerprint density at radius 2 is 1.78 bits per heavy atom. The highest BCUT2D eigenvalue weighted by Gasteiger charge is 2.39. The van der Waals surface area contributed by atoms with Gasteiger partial charge < -0.3 is 15.1 Å². The minimum atomic E-state index is -4.93. The molecule has 0 aliphatic carbocycles. The average molecular weight is 465 g/mol. The SMILES string of the molecule is N#C/C(C(=O)SCC(O)CO)=C(\c1ccc2cc(N3CCCCC3)ccc2c1)C(F)(F)F. The highest BCUT2D eigenvalue weighted by Crippen LogP contribution is 2.39. The van der Waals surface area contributed by atoms with Crippen molar-refractivity contribution in [3.05, 3.63) is 47.5 Å². The number of halogens is 3. The summed E-state index contributed by atoms with van der Waals surface area (Å²) >= 11 is 0.367. The molecule has 1 unspecified atom stereocenters. The minimum absolute atomic E-state index is 0.274. The Morgan fingerprint density at radius 1 is 1.12 bits per heavy atom. The van der Waals surface area contributed by atoms with E-state index < -0.39 is 35.1 Å². The molecule has 1 heterocycles. The van der Waals surface area contributed by atoms with E-state index in [1.165, 1.54) is 24.6 Å². The van der Waals surface area contributed by atoms with Crippen molar-refractivity contribution in [1.29, 1.82) is 5.26 Å². The number of carbonyl (C=O) groups is 1. The van der Waals surface area contributed by atoms with Crippen molar-refractivity contribution < 1.29 is 28.2 Å². The zero-order chi connectivity index (χ0) is 23.3. The molecule has 0 spiro atoms. The normalized spacial score (nSPS) is 16.4. The van der Waals surface area contributed by atoms with Crippen LogP contribution in [0, 0.1) is 11.3 Å². The summed E-state index contributed by atoms with van der Waals surface area (Å²) in [4.78, 5) is 14.6. The Kier molecular flexibility index (Phi) is 7.82. The zero-order valence-corrected chi connectivity index (χ0v) is 18.0. The summed E-state index contributed by atoms with van der Waals surface area (Å²) in [5, 5.41) is 27.8. The van der Waals surface area contributed by atoms with Crippen LogP contribution < -0.4 is 4.90 Å². The molecule has 2 aromatic rings. The van der Waals surface area contributed by atoms with Crippen molar-refractivity contribution in [2.45, 2.75) is 31.5 Å². The van der Waals surface area contributed by atoms with Crippen LogP contribution in [0.3, 0.4) is 0 Å². The van der Waals surface area contributed by atoms with E-state index in [1.54, 1.807) is 12.1 Å². The molecular weight excluding hydrogens is 441 g/mol. The number of carbonyl (C=O) groups excluding carboxylic acids is 1. The van der Waals surface area contributed by atoms with Crippen molar-refractivity contribution in [1.82, 2.24) is 0 Å². The molecule has 0 amide bonds. The Morgan fingerprint density at radius 3 is 2.41 bits per heavy atom. The predicted molar refractivity (Wildman–Crippen MR) is 119 cm³/mol. The fraction of sp³-hybridized carbons (Fsp3) is 0.391. The van der Waals surface area contributed by atoms with E-state index in [0.29, 0.717) is 17.1 Å². The van der Waals surface area contributed by atoms with Crippen LogP contribution in [-0.2, 0) is 4.79 Å². The van der Waals surface area contributed by atoms with Gasteiger partial charge in [0.05, 0.1) is 18.3 Å². The van der Waals surface area contributed by atoms with Gasteiger partial charge in [0.15, 0.2) is 0 Å². The fourth-order valence-electron chi connectivity index (χ4n) is 3.69. The average Bonchev–Trinajstić information content (AvgIpc) is 2.79. The summed E-state index contributed by atoms with van der Waals surface area (Å²) in [6.45, 7) is 1.25. The number of piperidine rings is 1. The monoisotopic (exact) mass is 464 g/mol. The molecule has 2 aromatic carbocycles. The van der Waals surface area contributed by atoms with Crippen LogP contribution in [0.5, 0.6) is 0 Å². The summed E-state index contributed by atoms with van der Waals surface area (Å²) < 4.78 is 41.7.